The second-order valence-electron chi connectivity index (χ2n) is 19.3. The van der Waals surface area contributed by atoms with E-state index in [4.69, 9.17) is 0 Å². The summed E-state index contributed by atoms with van der Waals surface area (Å²) in [5, 5.41) is 2.82. The Bertz CT molecular complexity index is 2420. The molecule has 0 saturated heterocycles. The molecule has 0 amide bonds. The van der Waals surface area contributed by atoms with Crippen LogP contribution in [-0.2, 0) is 5.41 Å². The van der Waals surface area contributed by atoms with Crippen LogP contribution in [0.15, 0.2) is 121 Å². The van der Waals surface area contributed by atoms with Gasteiger partial charge in [0.2, 0.25) is 0 Å². The summed E-state index contributed by atoms with van der Waals surface area (Å²) in [4.78, 5) is 2.62. The topological polar surface area (TPSA) is 3.24 Å². The first-order chi connectivity index (χ1) is 28.0. The number of fused-ring (bicyclic) bond motifs is 6. The van der Waals surface area contributed by atoms with E-state index in [1.165, 1.54) is 162 Å². The molecule has 0 N–H and O–H groups in total. The third-order valence-electron chi connectivity index (χ3n) is 15.8. The molecular weight excluding hydrogens is 687 g/mol. The van der Waals surface area contributed by atoms with Crippen molar-refractivity contribution in [3.05, 3.63) is 149 Å². The van der Waals surface area contributed by atoms with Crippen molar-refractivity contribution in [2.24, 2.45) is 11.8 Å². The predicted octanol–water partition coefficient (Wildman–Crippen LogP) is 16.3. The van der Waals surface area contributed by atoms with E-state index in [0.717, 1.165) is 11.8 Å². The van der Waals surface area contributed by atoms with Crippen LogP contribution in [0, 0.1) is 11.8 Å². The Hall–Kier alpha value is -4.62. The highest BCUT2D eigenvalue weighted by Gasteiger charge is 2.41. The fourth-order valence-corrected chi connectivity index (χ4v) is 12.7. The van der Waals surface area contributed by atoms with E-state index in [1.807, 2.05) is 0 Å². The van der Waals surface area contributed by atoms with Crippen molar-refractivity contribution in [1.82, 2.24) is 0 Å². The van der Waals surface area contributed by atoms with Crippen molar-refractivity contribution >= 4 is 27.8 Å². The van der Waals surface area contributed by atoms with Crippen LogP contribution in [0.5, 0.6) is 0 Å². The highest BCUT2D eigenvalue weighted by molar-refractivity contribution is 6.02. The lowest BCUT2D eigenvalue weighted by atomic mass is 9.80. The van der Waals surface area contributed by atoms with Crippen LogP contribution in [0.25, 0.3) is 33.0 Å². The van der Waals surface area contributed by atoms with Gasteiger partial charge in [-0.15, -0.1) is 0 Å². The summed E-state index contributed by atoms with van der Waals surface area (Å²) < 4.78 is 0. The second kappa shape index (κ2) is 14.3. The van der Waals surface area contributed by atoms with Crippen LogP contribution in [-0.4, -0.2) is 0 Å². The van der Waals surface area contributed by atoms with E-state index in [-0.39, 0.29) is 5.41 Å². The first kappa shape index (κ1) is 35.5. The molecule has 0 aliphatic heterocycles. The quantitative estimate of drug-likeness (QED) is 0.157. The first-order valence-electron chi connectivity index (χ1n) is 22.8. The molecule has 5 aliphatic carbocycles. The highest BCUT2D eigenvalue weighted by Crippen LogP contribution is 2.57. The van der Waals surface area contributed by atoms with Gasteiger partial charge < -0.3 is 4.90 Å². The van der Waals surface area contributed by atoms with Crippen LogP contribution in [0.4, 0.5) is 17.1 Å². The molecule has 0 aromatic heterocycles. The zero-order chi connectivity index (χ0) is 38.1. The van der Waals surface area contributed by atoms with E-state index < -0.39 is 0 Å². The number of benzene rings is 6. The highest BCUT2D eigenvalue weighted by atomic mass is 15.1. The molecule has 3 atom stereocenters. The van der Waals surface area contributed by atoms with Crippen LogP contribution < -0.4 is 4.90 Å². The zero-order valence-electron chi connectivity index (χ0n) is 34.3. The minimum atomic E-state index is -0.122. The maximum absolute atomic E-state index is 2.62. The molecular formula is C56H59N. The van der Waals surface area contributed by atoms with E-state index in [0.29, 0.717) is 17.8 Å². The lowest BCUT2D eigenvalue weighted by molar-refractivity contribution is 0.422. The molecule has 4 fully saturated rings. The molecule has 288 valence electrons. The summed E-state index contributed by atoms with van der Waals surface area (Å²) in [6.45, 7) is 4.89. The fourth-order valence-electron chi connectivity index (χ4n) is 12.7. The van der Waals surface area contributed by atoms with Gasteiger partial charge in [-0.3, -0.25) is 0 Å². The van der Waals surface area contributed by atoms with Crippen molar-refractivity contribution in [2.45, 2.75) is 127 Å². The molecule has 0 radical (unpaired) electrons. The third-order valence-corrected chi connectivity index (χ3v) is 15.8. The number of nitrogens with zero attached hydrogens (tertiary/aromatic N) is 1. The van der Waals surface area contributed by atoms with Crippen molar-refractivity contribution < 1.29 is 0 Å². The average molecular weight is 746 g/mol. The fraction of sp³-hybridized carbons (Fsp3) is 0.393. The van der Waals surface area contributed by atoms with Gasteiger partial charge in [-0.1, -0.05) is 150 Å². The van der Waals surface area contributed by atoms with Gasteiger partial charge >= 0.3 is 0 Å². The molecule has 57 heavy (non-hydrogen) atoms. The van der Waals surface area contributed by atoms with Crippen molar-refractivity contribution in [1.29, 1.82) is 0 Å². The van der Waals surface area contributed by atoms with Gasteiger partial charge in [-0.25, -0.2) is 0 Å². The van der Waals surface area contributed by atoms with E-state index in [2.05, 4.69) is 140 Å². The Morgan fingerprint density at radius 2 is 1.16 bits per heavy atom. The number of hydrogen-bond donors (Lipinski definition) is 0. The molecule has 3 unspecified atom stereocenters. The number of hydrogen-bond acceptors (Lipinski definition) is 1. The normalized spacial score (nSPS) is 22.8. The predicted molar refractivity (Wildman–Crippen MR) is 241 cm³/mol. The molecule has 6 aromatic carbocycles. The standard InChI is InChI=1S/C56H59N/c1-56(2)52-20-12-11-19-49(52)55-51(42-25-23-40(24-26-42)38-13-5-3-6-14-38)35-45(36-53(55)56)57(44-29-27-41(28-30-44)39-15-7-4-8-16-39)54-32-31-47(46-17-9-10-18-48(46)54)50-34-37-21-22-43(50)33-37/h9-12,17-20,23-32,35-39,43,50H,3-8,13-16,21-22,33-34H2,1-2H3. The Labute approximate surface area is 341 Å². The lowest BCUT2D eigenvalue weighted by Crippen LogP contribution is -2.17. The van der Waals surface area contributed by atoms with E-state index in [1.54, 1.807) is 5.56 Å². The Balaban J connectivity index is 1.11. The second-order valence-corrected chi connectivity index (χ2v) is 19.3. The summed E-state index contributed by atoms with van der Waals surface area (Å²) in [5.41, 5.74) is 16.6. The molecule has 0 spiro atoms. The van der Waals surface area contributed by atoms with Gasteiger partial charge in [-0.2, -0.15) is 0 Å². The molecule has 1 heteroatoms. The zero-order valence-corrected chi connectivity index (χ0v) is 34.3. The molecule has 0 heterocycles. The van der Waals surface area contributed by atoms with Crippen LogP contribution in [0.3, 0.4) is 0 Å². The van der Waals surface area contributed by atoms with Crippen molar-refractivity contribution in [2.75, 3.05) is 4.90 Å². The maximum Gasteiger partial charge on any atom is 0.0540 e. The number of rotatable bonds is 7. The van der Waals surface area contributed by atoms with E-state index in [9.17, 15) is 0 Å². The van der Waals surface area contributed by atoms with Crippen LogP contribution >= 0.6 is 0 Å². The Morgan fingerprint density at radius 3 is 1.82 bits per heavy atom. The minimum Gasteiger partial charge on any atom is -0.310 e. The third kappa shape index (κ3) is 6.09. The van der Waals surface area contributed by atoms with Gasteiger partial charge in [0, 0.05) is 22.2 Å². The van der Waals surface area contributed by atoms with Crippen LogP contribution in [0.1, 0.15) is 149 Å². The summed E-state index contributed by atoms with van der Waals surface area (Å²) in [6.07, 6.45) is 19.2. The average Bonchev–Trinajstić information content (AvgIpc) is 3.97. The maximum atomic E-state index is 2.62. The summed E-state index contributed by atoms with van der Waals surface area (Å²) >= 11 is 0. The Morgan fingerprint density at radius 1 is 0.509 bits per heavy atom. The summed E-state index contributed by atoms with van der Waals surface area (Å²) in [7, 11) is 0. The van der Waals surface area contributed by atoms with Crippen molar-refractivity contribution in [3.63, 3.8) is 0 Å². The smallest absolute Gasteiger partial charge is 0.0540 e. The van der Waals surface area contributed by atoms with Gasteiger partial charge in [-0.05, 0) is 160 Å². The summed E-state index contributed by atoms with van der Waals surface area (Å²) in [6, 6.07) is 48.3. The molecule has 2 bridgehead atoms. The van der Waals surface area contributed by atoms with Gasteiger partial charge in [0.15, 0.2) is 0 Å². The minimum absolute atomic E-state index is 0.122. The molecule has 4 saturated carbocycles. The monoisotopic (exact) mass is 745 g/mol. The van der Waals surface area contributed by atoms with Gasteiger partial charge in [0.25, 0.3) is 0 Å². The SMILES string of the molecule is CC1(C)c2ccccc2-c2c(-c3ccc(C4CCCCC4)cc3)cc(N(c3ccc(C4CCCCC4)cc3)c3ccc(C4CC5CCC4C5)c4ccccc34)cc21. The lowest BCUT2D eigenvalue weighted by Gasteiger charge is -2.32. The van der Waals surface area contributed by atoms with Gasteiger partial charge in [0.1, 0.15) is 0 Å². The Kier molecular flexibility index (Phi) is 8.94. The summed E-state index contributed by atoms with van der Waals surface area (Å²) in [5.74, 6) is 3.85. The van der Waals surface area contributed by atoms with Crippen molar-refractivity contribution in [3.8, 4) is 22.3 Å². The van der Waals surface area contributed by atoms with E-state index >= 15 is 0 Å². The molecule has 5 aliphatic rings. The largest absolute Gasteiger partial charge is 0.310 e. The molecule has 11 rings (SSSR count). The van der Waals surface area contributed by atoms with Crippen LogP contribution in [0.2, 0.25) is 0 Å². The number of anilines is 3. The molecule has 1 nitrogen and oxygen atoms in total. The first-order valence-corrected chi connectivity index (χ1v) is 22.8. The van der Waals surface area contributed by atoms with Gasteiger partial charge in [0.05, 0.1) is 5.69 Å². The molecule has 6 aromatic rings.